The van der Waals surface area contributed by atoms with E-state index in [0.717, 1.165) is 30.7 Å². The molecule has 24 heavy (non-hydrogen) atoms. The molecule has 0 spiro atoms. The third kappa shape index (κ3) is 6.69. The summed E-state index contributed by atoms with van der Waals surface area (Å²) in [5.74, 6) is -1.23. The highest BCUT2D eigenvalue weighted by atomic mass is 35.5. The summed E-state index contributed by atoms with van der Waals surface area (Å²) in [5, 5.41) is 2.23. The first kappa shape index (κ1) is 20.8. The van der Waals surface area contributed by atoms with Crippen molar-refractivity contribution in [3.05, 3.63) is 23.0 Å². The number of rotatable bonds is 8. The summed E-state index contributed by atoms with van der Waals surface area (Å²) in [5.41, 5.74) is 0.0624. The predicted molar refractivity (Wildman–Crippen MR) is 96.1 cm³/mol. The van der Waals surface area contributed by atoms with Crippen LogP contribution in [-0.2, 0) is 14.3 Å². The average Bonchev–Trinajstić information content (AvgIpc) is 2.49. The Kier molecular flexibility index (Phi) is 8.56. The van der Waals surface area contributed by atoms with Crippen LogP contribution in [0.25, 0.3) is 0 Å². The number of carbonyl (C=O) groups is 2. The zero-order valence-corrected chi connectivity index (χ0v) is 15.9. The van der Waals surface area contributed by atoms with Crippen molar-refractivity contribution in [2.24, 2.45) is 0 Å². The van der Waals surface area contributed by atoms with Crippen molar-refractivity contribution in [2.45, 2.75) is 63.2 Å². The maximum absolute atomic E-state index is 14.0. The minimum Gasteiger partial charge on any atom is -0.462 e. The second-order valence-electron chi connectivity index (χ2n) is 5.66. The first-order valence-electron chi connectivity index (χ1n) is 7.90. The Morgan fingerprint density at radius 2 is 2.00 bits per heavy atom. The fourth-order valence-electron chi connectivity index (χ4n) is 1.83. The van der Waals surface area contributed by atoms with Crippen molar-refractivity contribution in [2.75, 3.05) is 5.32 Å². The Bertz CT molecular complexity index is 595. The van der Waals surface area contributed by atoms with Gasteiger partial charge in [0.25, 0.3) is 0 Å². The molecule has 0 bridgehead atoms. The lowest BCUT2D eigenvalue weighted by Crippen LogP contribution is -2.20. The SMILES string of the molecule is CCCCC(=O)Nc1cc(SC(C)C(=O)OC(C)C)c(Cl)cc1F. The van der Waals surface area contributed by atoms with E-state index < -0.39 is 11.1 Å². The topological polar surface area (TPSA) is 55.4 Å². The third-order valence-corrected chi connectivity index (χ3v) is 4.60. The minimum absolute atomic E-state index is 0.0624. The molecule has 1 atom stereocenters. The van der Waals surface area contributed by atoms with Gasteiger partial charge in [-0.25, -0.2) is 4.39 Å². The lowest BCUT2D eigenvalue weighted by atomic mass is 10.2. The van der Waals surface area contributed by atoms with Crippen LogP contribution in [-0.4, -0.2) is 23.2 Å². The van der Waals surface area contributed by atoms with Crippen molar-refractivity contribution in [3.63, 3.8) is 0 Å². The molecule has 1 N–H and O–H groups in total. The van der Waals surface area contributed by atoms with Gasteiger partial charge in [0.2, 0.25) is 5.91 Å². The Labute approximate surface area is 151 Å². The maximum atomic E-state index is 14.0. The molecule has 0 aliphatic heterocycles. The molecule has 1 aromatic carbocycles. The number of nitrogens with one attached hydrogen (secondary N) is 1. The van der Waals surface area contributed by atoms with Gasteiger partial charge in [-0.3, -0.25) is 9.59 Å². The van der Waals surface area contributed by atoms with Crippen LogP contribution in [0.1, 0.15) is 47.0 Å². The maximum Gasteiger partial charge on any atom is 0.319 e. The predicted octanol–water partition coefficient (Wildman–Crippen LogP) is 5.04. The van der Waals surface area contributed by atoms with Gasteiger partial charge in [-0.2, -0.15) is 0 Å². The van der Waals surface area contributed by atoms with Gasteiger partial charge in [0.15, 0.2) is 0 Å². The molecule has 0 aliphatic rings. The summed E-state index contributed by atoms with van der Waals surface area (Å²) in [6, 6.07) is 2.59. The highest BCUT2D eigenvalue weighted by molar-refractivity contribution is 8.00. The molecule has 134 valence electrons. The van der Waals surface area contributed by atoms with E-state index in [4.69, 9.17) is 16.3 Å². The van der Waals surface area contributed by atoms with Gasteiger partial charge < -0.3 is 10.1 Å². The number of benzene rings is 1. The highest BCUT2D eigenvalue weighted by Gasteiger charge is 2.20. The van der Waals surface area contributed by atoms with Gasteiger partial charge in [0, 0.05) is 11.3 Å². The Balaban J connectivity index is 2.86. The number of anilines is 1. The van der Waals surface area contributed by atoms with E-state index in [-0.39, 0.29) is 28.7 Å². The molecule has 1 unspecified atom stereocenters. The molecule has 0 heterocycles. The van der Waals surface area contributed by atoms with Crippen LogP contribution in [0, 0.1) is 5.82 Å². The van der Waals surface area contributed by atoms with E-state index >= 15 is 0 Å². The van der Waals surface area contributed by atoms with Crippen LogP contribution in [0.3, 0.4) is 0 Å². The quantitative estimate of drug-likeness (QED) is 0.510. The minimum atomic E-state index is -0.605. The largest absolute Gasteiger partial charge is 0.462 e. The molecule has 0 aromatic heterocycles. The van der Waals surface area contributed by atoms with Crippen molar-refractivity contribution in [3.8, 4) is 0 Å². The molecular weight excluding hydrogens is 353 g/mol. The Morgan fingerprint density at radius 3 is 2.58 bits per heavy atom. The standard InChI is InChI=1S/C17H23ClFNO3S/c1-5-6-7-16(21)20-14-9-15(12(18)8-13(14)19)24-11(4)17(22)23-10(2)3/h8-11H,5-7H2,1-4H3,(H,20,21). The van der Waals surface area contributed by atoms with Crippen molar-refractivity contribution < 1.29 is 18.7 Å². The molecule has 0 saturated heterocycles. The molecule has 0 fully saturated rings. The van der Waals surface area contributed by atoms with Gasteiger partial charge in [0.1, 0.15) is 11.1 Å². The summed E-state index contributed by atoms with van der Waals surface area (Å²) >= 11 is 7.21. The molecule has 0 aliphatic carbocycles. The fraction of sp³-hybridized carbons (Fsp3) is 0.529. The van der Waals surface area contributed by atoms with E-state index in [9.17, 15) is 14.0 Å². The van der Waals surface area contributed by atoms with Crippen molar-refractivity contribution in [1.82, 2.24) is 0 Å². The van der Waals surface area contributed by atoms with Crippen molar-refractivity contribution >= 4 is 40.9 Å². The summed E-state index contributed by atoms with van der Waals surface area (Å²) in [4.78, 5) is 24.2. The molecule has 1 amide bonds. The number of unbranched alkanes of at least 4 members (excludes halogenated alkanes) is 1. The number of halogens is 2. The third-order valence-electron chi connectivity index (χ3n) is 3.04. The van der Waals surface area contributed by atoms with Crippen molar-refractivity contribution in [1.29, 1.82) is 0 Å². The smallest absolute Gasteiger partial charge is 0.319 e. The summed E-state index contributed by atoms with van der Waals surface area (Å²) in [6.07, 6.45) is 1.74. The number of amides is 1. The van der Waals surface area contributed by atoms with E-state index in [2.05, 4.69) is 5.32 Å². The molecule has 1 aromatic rings. The molecule has 1 rings (SSSR count). The zero-order valence-electron chi connectivity index (χ0n) is 14.3. The number of esters is 1. The first-order valence-corrected chi connectivity index (χ1v) is 9.16. The zero-order chi connectivity index (χ0) is 18.3. The molecule has 0 radical (unpaired) electrons. The molecule has 4 nitrogen and oxygen atoms in total. The number of hydrogen-bond acceptors (Lipinski definition) is 4. The molecule has 7 heteroatoms. The van der Waals surface area contributed by atoms with E-state index in [0.29, 0.717) is 11.3 Å². The summed E-state index contributed by atoms with van der Waals surface area (Å²) in [7, 11) is 0. The van der Waals surface area contributed by atoms with Crippen LogP contribution in [0.5, 0.6) is 0 Å². The number of ether oxygens (including phenoxy) is 1. The Morgan fingerprint density at radius 1 is 1.33 bits per heavy atom. The number of hydrogen-bond donors (Lipinski definition) is 1. The molecular formula is C17H23ClFNO3S. The average molecular weight is 376 g/mol. The van der Waals surface area contributed by atoms with Gasteiger partial charge >= 0.3 is 5.97 Å². The highest BCUT2D eigenvalue weighted by Crippen LogP contribution is 2.35. The van der Waals surface area contributed by atoms with Crippen LogP contribution < -0.4 is 5.32 Å². The second kappa shape index (κ2) is 9.89. The monoisotopic (exact) mass is 375 g/mol. The first-order chi connectivity index (χ1) is 11.2. The van der Waals surface area contributed by atoms with Crippen LogP contribution in [0.2, 0.25) is 5.02 Å². The summed E-state index contributed by atoms with van der Waals surface area (Å²) in [6.45, 7) is 7.20. The van der Waals surface area contributed by atoms with E-state index in [1.165, 1.54) is 6.07 Å². The molecule has 0 saturated carbocycles. The van der Waals surface area contributed by atoms with Gasteiger partial charge in [0.05, 0.1) is 16.8 Å². The van der Waals surface area contributed by atoms with E-state index in [1.807, 2.05) is 6.92 Å². The number of thioether (sulfide) groups is 1. The van der Waals surface area contributed by atoms with Gasteiger partial charge in [-0.05, 0) is 39.3 Å². The van der Waals surface area contributed by atoms with Crippen LogP contribution in [0.15, 0.2) is 17.0 Å². The van der Waals surface area contributed by atoms with Gasteiger partial charge in [-0.15, -0.1) is 11.8 Å². The van der Waals surface area contributed by atoms with Gasteiger partial charge in [-0.1, -0.05) is 24.9 Å². The summed E-state index contributed by atoms with van der Waals surface area (Å²) < 4.78 is 19.1. The Hall–Kier alpha value is -1.27. The lowest BCUT2D eigenvalue weighted by molar-refractivity contribution is -0.146. The normalized spacial score (nSPS) is 12.1. The lowest BCUT2D eigenvalue weighted by Gasteiger charge is -2.15. The van der Waals surface area contributed by atoms with Crippen LogP contribution in [0.4, 0.5) is 10.1 Å². The second-order valence-corrected chi connectivity index (χ2v) is 7.45. The fourth-order valence-corrected chi connectivity index (χ4v) is 3.01. The van der Waals surface area contributed by atoms with Crippen LogP contribution >= 0.6 is 23.4 Å². The van der Waals surface area contributed by atoms with E-state index in [1.54, 1.807) is 20.8 Å². The number of carbonyl (C=O) groups excluding carboxylic acids is 2.